The van der Waals surface area contributed by atoms with Gasteiger partial charge in [0.25, 0.3) is 11.8 Å². The lowest BCUT2D eigenvalue weighted by molar-refractivity contribution is 0.0950. The van der Waals surface area contributed by atoms with Crippen molar-refractivity contribution in [2.75, 3.05) is 10.6 Å². The largest absolute Gasteiger partial charge is 0.459 e. The fourth-order valence-corrected chi connectivity index (χ4v) is 2.42. The van der Waals surface area contributed by atoms with Gasteiger partial charge in [0.1, 0.15) is 5.82 Å². The number of hydrogen-bond donors (Lipinski definition) is 3. The molecular formula is C19H14FN3O3S. The van der Waals surface area contributed by atoms with Gasteiger partial charge < -0.3 is 15.1 Å². The number of carbonyl (C=O) groups is 2. The van der Waals surface area contributed by atoms with E-state index in [4.69, 9.17) is 16.6 Å². The van der Waals surface area contributed by atoms with Gasteiger partial charge in [-0.05, 0) is 66.8 Å². The standard InChI is InChI=1S/C19H14FN3O3S/c20-13-6-8-14(9-7-13)21-17(24)12-3-1-4-15(11-12)22-19(27)23-18(25)16-5-2-10-26-16/h1-11H,(H,21,24)(H2,22,23,25,27). The van der Waals surface area contributed by atoms with Crippen molar-refractivity contribution in [3.05, 3.63) is 84.1 Å². The van der Waals surface area contributed by atoms with E-state index in [2.05, 4.69) is 16.0 Å². The highest BCUT2D eigenvalue weighted by atomic mass is 32.1. The minimum Gasteiger partial charge on any atom is -0.459 e. The monoisotopic (exact) mass is 383 g/mol. The maximum atomic E-state index is 12.9. The van der Waals surface area contributed by atoms with Crippen LogP contribution in [-0.2, 0) is 0 Å². The highest BCUT2D eigenvalue weighted by Gasteiger charge is 2.11. The van der Waals surface area contributed by atoms with Gasteiger partial charge in [-0.1, -0.05) is 6.07 Å². The Kier molecular flexibility index (Phi) is 5.58. The molecule has 3 rings (SSSR count). The number of nitrogens with one attached hydrogen (secondary N) is 3. The zero-order valence-electron chi connectivity index (χ0n) is 13.9. The summed E-state index contributed by atoms with van der Waals surface area (Å²) in [6.45, 7) is 0. The third-order valence-electron chi connectivity index (χ3n) is 3.46. The van der Waals surface area contributed by atoms with Crippen LogP contribution in [0.4, 0.5) is 15.8 Å². The molecule has 0 bridgehead atoms. The van der Waals surface area contributed by atoms with Crippen LogP contribution in [0.3, 0.4) is 0 Å². The molecule has 0 saturated heterocycles. The molecule has 3 N–H and O–H groups in total. The summed E-state index contributed by atoms with van der Waals surface area (Å²) in [7, 11) is 0. The first-order valence-corrected chi connectivity index (χ1v) is 8.25. The molecule has 1 heterocycles. The van der Waals surface area contributed by atoms with E-state index in [1.54, 1.807) is 30.3 Å². The molecule has 0 unspecified atom stereocenters. The number of amides is 2. The Morgan fingerprint density at radius 1 is 0.889 bits per heavy atom. The summed E-state index contributed by atoms with van der Waals surface area (Å²) < 4.78 is 17.9. The Morgan fingerprint density at radius 3 is 2.37 bits per heavy atom. The Bertz CT molecular complexity index is 972. The molecule has 1 aromatic heterocycles. The van der Waals surface area contributed by atoms with Gasteiger partial charge in [0.2, 0.25) is 0 Å². The SMILES string of the molecule is O=C(Nc1ccc(F)cc1)c1cccc(NC(=S)NC(=O)c2ccco2)c1. The molecule has 27 heavy (non-hydrogen) atoms. The van der Waals surface area contributed by atoms with Crippen molar-refractivity contribution in [3.63, 3.8) is 0 Å². The van der Waals surface area contributed by atoms with E-state index in [9.17, 15) is 14.0 Å². The van der Waals surface area contributed by atoms with Gasteiger partial charge >= 0.3 is 0 Å². The molecule has 0 aliphatic rings. The number of thiocarbonyl (C=S) groups is 1. The molecular weight excluding hydrogens is 369 g/mol. The van der Waals surface area contributed by atoms with Gasteiger partial charge in [0.05, 0.1) is 6.26 Å². The third kappa shape index (κ3) is 4.99. The van der Waals surface area contributed by atoms with Crippen LogP contribution in [0.1, 0.15) is 20.9 Å². The Morgan fingerprint density at radius 2 is 1.67 bits per heavy atom. The van der Waals surface area contributed by atoms with Gasteiger partial charge in [-0.25, -0.2) is 4.39 Å². The number of halogens is 1. The van der Waals surface area contributed by atoms with Crippen LogP contribution in [0.15, 0.2) is 71.3 Å². The third-order valence-corrected chi connectivity index (χ3v) is 3.66. The van der Waals surface area contributed by atoms with Crippen molar-refractivity contribution in [2.24, 2.45) is 0 Å². The smallest absolute Gasteiger partial charge is 0.293 e. The summed E-state index contributed by atoms with van der Waals surface area (Å²) in [6, 6.07) is 15.1. The molecule has 0 saturated carbocycles. The van der Waals surface area contributed by atoms with E-state index >= 15 is 0 Å². The Balaban J connectivity index is 1.62. The first-order valence-electron chi connectivity index (χ1n) is 7.84. The predicted molar refractivity (Wildman–Crippen MR) is 103 cm³/mol. The van der Waals surface area contributed by atoms with Crippen molar-refractivity contribution in [3.8, 4) is 0 Å². The second kappa shape index (κ2) is 8.24. The van der Waals surface area contributed by atoms with Crippen LogP contribution < -0.4 is 16.0 Å². The van der Waals surface area contributed by atoms with Gasteiger partial charge in [0.15, 0.2) is 10.9 Å². The van der Waals surface area contributed by atoms with Gasteiger partial charge in [-0.15, -0.1) is 0 Å². The fraction of sp³-hybridized carbons (Fsp3) is 0. The molecule has 0 fully saturated rings. The second-order valence-corrected chi connectivity index (χ2v) is 5.84. The van der Waals surface area contributed by atoms with Crippen LogP contribution in [-0.4, -0.2) is 16.9 Å². The summed E-state index contributed by atoms with van der Waals surface area (Å²) in [5, 5.41) is 8.04. The molecule has 8 heteroatoms. The first-order chi connectivity index (χ1) is 13.0. The van der Waals surface area contributed by atoms with Crippen LogP contribution in [0.25, 0.3) is 0 Å². The van der Waals surface area contributed by atoms with Crippen molar-refractivity contribution in [1.82, 2.24) is 5.32 Å². The lowest BCUT2D eigenvalue weighted by atomic mass is 10.2. The highest BCUT2D eigenvalue weighted by Crippen LogP contribution is 2.14. The number of furan rings is 1. The molecule has 0 spiro atoms. The highest BCUT2D eigenvalue weighted by molar-refractivity contribution is 7.80. The molecule has 0 aliphatic carbocycles. The molecule has 3 aromatic rings. The van der Waals surface area contributed by atoms with Crippen LogP contribution >= 0.6 is 12.2 Å². The van der Waals surface area contributed by atoms with Gasteiger partial charge in [-0.2, -0.15) is 0 Å². The van der Waals surface area contributed by atoms with E-state index in [-0.39, 0.29) is 22.6 Å². The van der Waals surface area contributed by atoms with Crippen LogP contribution in [0.2, 0.25) is 0 Å². The lowest BCUT2D eigenvalue weighted by Gasteiger charge is -2.10. The predicted octanol–water partition coefficient (Wildman–Crippen LogP) is 3.80. The van der Waals surface area contributed by atoms with E-state index in [0.717, 1.165) is 0 Å². The van der Waals surface area contributed by atoms with Gasteiger partial charge in [-0.3, -0.25) is 14.9 Å². The zero-order chi connectivity index (χ0) is 19.2. The Labute approximate surface area is 159 Å². The summed E-state index contributed by atoms with van der Waals surface area (Å²) in [6.07, 6.45) is 1.38. The summed E-state index contributed by atoms with van der Waals surface area (Å²) in [5.74, 6) is -1.10. The number of hydrogen-bond acceptors (Lipinski definition) is 4. The van der Waals surface area contributed by atoms with Crippen molar-refractivity contribution in [1.29, 1.82) is 0 Å². The second-order valence-electron chi connectivity index (χ2n) is 5.43. The summed E-state index contributed by atoms with van der Waals surface area (Å²) >= 11 is 5.09. The molecule has 2 aromatic carbocycles. The first kappa shape index (κ1) is 18.3. The number of rotatable bonds is 4. The maximum absolute atomic E-state index is 12.9. The molecule has 0 aliphatic heterocycles. The number of benzene rings is 2. The van der Waals surface area contributed by atoms with Crippen LogP contribution in [0, 0.1) is 5.82 Å². The summed E-state index contributed by atoms with van der Waals surface area (Å²) in [4.78, 5) is 24.2. The average molecular weight is 383 g/mol. The summed E-state index contributed by atoms with van der Waals surface area (Å²) in [5.41, 5.74) is 1.36. The maximum Gasteiger partial charge on any atom is 0.293 e. The minimum atomic E-state index is -0.484. The van der Waals surface area contributed by atoms with E-state index in [1.165, 1.54) is 36.6 Å². The topological polar surface area (TPSA) is 83.4 Å². The fourth-order valence-electron chi connectivity index (χ4n) is 2.21. The molecule has 2 amide bonds. The molecule has 6 nitrogen and oxygen atoms in total. The lowest BCUT2D eigenvalue weighted by Crippen LogP contribution is -2.33. The molecule has 0 radical (unpaired) electrons. The zero-order valence-corrected chi connectivity index (χ0v) is 14.7. The normalized spacial score (nSPS) is 10.1. The quantitative estimate of drug-likeness (QED) is 0.597. The van der Waals surface area contributed by atoms with E-state index in [1.807, 2.05) is 0 Å². The van der Waals surface area contributed by atoms with Crippen LogP contribution in [0.5, 0.6) is 0 Å². The van der Waals surface area contributed by atoms with Gasteiger partial charge in [0, 0.05) is 16.9 Å². The van der Waals surface area contributed by atoms with Crippen molar-refractivity contribution >= 4 is 40.5 Å². The van der Waals surface area contributed by atoms with Crippen molar-refractivity contribution in [2.45, 2.75) is 0 Å². The minimum absolute atomic E-state index is 0.0625. The Hall–Kier alpha value is -3.52. The average Bonchev–Trinajstić information content (AvgIpc) is 3.18. The number of carbonyl (C=O) groups excluding carboxylic acids is 2. The van der Waals surface area contributed by atoms with Crippen molar-refractivity contribution < 1.29 is 18.4 Å². The van der Waals surface area contributed by atoms with E-state index in [0.29, 0.717) is 16.9 Å². The van der Waals surface area contributed by atoms with E-state index < -0.39 is 5.91 Å². The molecule has 136 valence electrons. The molecule has 0 atom stereocenters. The number of anilines is 2.